The van der Waals surface area contributed by atoms with Crippen molar-refractivity contribution in [3.05, 3.63) is 42.2 Å². The van der Waals surface area contributed by atoms with E-state index in [1.807, 2.05) is 0 Å². The molecule has 1 heterocycles. The minimum Gasteiger partial charge on any atom is -0.497 e. The van der Waals surface area contributed by atoms with E-state index >= 15 is 0 Å². The van der Waals surface area contributed by atoms with Crippen LogP contribution < -0.4 is 10.1 Å². The number of nitrogens with zero attached hydrogens (tertiary/aromatic N) is 2. The number of hydrogen-bond donors (Lipinski definition) is 2. The van der Waals surface area contributed by atoms with Crippen molar-refractivity contribution in [1.82, 2.24) is 9.78 Å². The first-order valence-corrected chi connectivity index (χ1v) is 5.79. The van der Waals surface area contributed by atoms with Crippen LogP contribution in [0.3, 0.4) is 0 Å². The Bertz CT molecular complexity index is 623. The lowest BCUT2D eigenvalue weighted by atomic mass is 10.1. The zero-order valence-corrected chi connectivity index (χ0v) is 10.7. The molecule has 0 atom stereocenters. The van der Waals surface area contributed by atoms with Crippen molar-refractivity contribution in [3.8, 4) is 5.75 Å². The zero-order chi connectivity index (χ0) is 14.5. The van der Waals surface area contributed by atoms with Gasteiger partial charge in [0.2, 0.25) is 5.91 Å². The maximum atomic E-state index is 11.8. The summed E-state index contributed by atoms with van der Waals surface area (Å²) in [7, 11) is 1.44. The van der Waals surface area contributed by atoms with Gasteiger partial charge < -0.3 is 15.2 Å². The van der Waals surface area contributed by atoms with Gasteiger partial charge in [-0.1, -0.05) is 0 Å². The van der Waals surface area contributed by atoms with E-state index in [4.69, 9.17) is 9.84 Å². The van der Waals surface area contributed by atoms with Crippen molar-refractivity contribution in [3.63, 3.8) is 0 Å². The molecule has 2 aromatic rings. The molecule has 1 amide bonds. The van der Waals surface area contributed by atoms with Gasteiger partial charge in [-0.15, -0.1) is 0 Å². The number of carbonyl (C=O) groups is 2. The highest BCUT2D eigenvalue weighted by Gasteiger charge is 2.14. The second kappa shape index (κ2) is 5.87. The molecule has 0 fully saturated rings. The van der Waals surface area contributed by atoms with Gasteiger partial charge in [-0.2, -0.15) is 5.10 Å². The molecule has 0 aliphatic carbocycles. The summed E-state index contributed by atoms with van der Waals surface area (Å²) in [6.07, 6.45) is 3.20. The summed E-state index contributed by atoms with van der Waals surface area (Å²) in [5, 5.41) is 15.6. The SMILES string of the molecule is COc1ccc(NC(=O)Cn2cccn2)c(C(=O)O)c1. The summed E-state index contributed by atoms with van der Waals surface area (Å²) < 4.78 is 6.40. The topological polar surface area (TPSA) is 93.5 Å². The van der Waals surface area contributed by atoms with Crippen molar-refractivity contribution < 1.29 is 19.4 Å². The summed E-state index contributed by atoms with van der Waals surface area (Å²) in [6.45, 7) is 0.0120. The molecule has 0 saturated heterocycles. The van der Waals surface area contributed by atoms with Gasteiger partial charge in [-0.25, -0.2) is 4.79 Å². The van der Waals surface area contributed by atoms with Crippen LogP contribution in [0.2, 0.25) is 0 Å². The van der Waals surface area contributed by atoms with Crippen LogP contribution in [0.4, 0.5) is 5.69 Å². The minimum absolute atomic E-state index is 0.0120. The Morgan fingerprint density at radius 3 is 2.85 bits per heavy atom. The monoisotopic (exact) mass is 275 g/mol. The fraction of sp³-hybridized carbons (Fsp3) is 0.154. The van der Waals surface area contributed by atoms with Gasteiger partial charge in [0, 0.05) is 12.4 Å². The number of rotatable bonds is 5. The molecule has 0 aliphatic heterocycles. The Hall–Kier alpha value is -2.83. The summed E-state index contributed by atoms with van der Waals surface area (Å²) in [4.78, 5) is 23.0. The summed E-state index contributed by atoms with van der Waals surface area (Å²) >= 11 is 0. The molecule has 1 aromatic carbocycles. The first-order chi connectivity index (χ1) is 9.60. The lowest BCUT2D eigenvalue weighted by molar-refractivity contribution is -0.116. The first kappa shape index (κ1) is 13.6. The van der Waals surface area contributed by atoms with Crippen molar-refractivity contribution >= 4 is 17.6 Å². The number of nitrogens with one attached hydrogen (secondary N) is 1. The number of anilines is 1. The van der Waals surface area contributed by atoms with E-state index in [1.165, 1.54) is 23.9 Å². The van der Waals surface area contributed by atoms with Crippen molar-refractivity contribution in [1.29, 1.82) is 0 Å². The highest BCUT2D eigenvalue weighted by Crippen LogP contribution is 2.22. The van der Waals surface area contributed by atoms with E-state index in [2.05, 4.69) is 10.4 Å². The van der Waals surface area contributed by atoms with Crippen LogP contribution in [-0.4, -0.2) is 33.9 Å². The maximum absolute atomic E-state index is 11.8. The number of hydrogen-bond acceptors (Lipinski definition) is 4. The van der Waals surface area contributed by atoms with Gasteiger partial charge in [0.1, 0.15) is 12.3 Å². The number of amides is 1. The van der Waals surface area contributed by atoms with E-state index in [0.717, 1.165) is 0 Å². The molecule has 20 heavy (non-hydrogen) atoms. The zero-order valence-electron chi connectivity index (χ0n) is 10.7. The first-order valence-electron chi connectivity index (χ1n) is 5.79. The molecule has 0 saturated carbocycles. The Morgan fingerprint density at radius 1 is 1.45 bits per heavy atom. The highest BCUT2D eigenvalue weighted by atomic mass is 16.5. The highest BCUT2D eigenvalue weighted by molar-refractivity contribution is 6.00. The fourth-order valence-corrected chi connectivity index (χ4v) is 1.67. The molecule has 0 bridgehead atoms. The van der Waals surface area contributed by atoms with Crippen LogP contribution in [0.25, 0.3) is 0 Å². The van der Waals surface area contributed by atoms with Gasteiger partial charge in [0.15, 0.2) is 0 Å². The average molecular weight is 275 g/mol. The average Bonchev–Trinajstić information content (AvgIpc) is 2.91. The van der Waals surface area contributed by atoms with Gasteiger partial charge in [0.05, 0.1) is 18.4 Å². The molecule has 104 valence electrons. The molecular formula is C13H13N3O4. The number of carbonyl (C=O) groups excluding carboxylic acids is 1. The Kier molecular flexibility index (Phi) is 3.99. The number of aromatic carboxylic acids is 1. The van der Waals surface area contributed by atoms with Crippen LogP contribution in [0.5, 0.6) is 5.75 Å². The quantitative estimate of drug-likeness (QED) is 0.856. The molecule has 2 N–H and O–H groups in total. The smallest absolute Gasteiger partial charge is 0.337 e. The number of aromatic nitrogens is 2. The molecule has 0 unspecified atom stereocenters. The second-order valence-corrected chi connectivity index (χ2v) is 3.97. The van der Waals surface area contributed by atoms with Crippen LogP contribution in [0.15, 0.2) is 36.7 Å². The third kappa shape index (κ3) is 3.14. The van der Waals surface area contributed by atoms with Gasteiger partial charge >= 0.3 is 5.97 Å². The lowest BCUT2D eigenvalue weighted by Gasteiger charge is -2.10. The number of ether oxygens (including phenoxy) is 1. The normalized spacial score (nSPS) is 10.1. The number of methoxy groups -OCH3 is 1. The minimum atomic E-state index is -1.14. The van der Waals surface area contributed by atoms with E-state index in [9.17, 15) is 9.59 Å². The standard InChI is InChI=1S/C13H13N3O4/c1-20-9-3-4-11(10(7-9)13(18)19)15-12(17)8-16-6-2-5-14-16/h2-7H,8H2,1H3,(H,15,17)(H,18,19). The fourth-order valence-electron chi connectivity index (χ4n) is 1.67. The van der Waals surface area contributed by atoms with E-state index in [-0.39, 0.29) is 23.7 Å². The number of benzene rings is 1. The van der Waals surface area contributed by atoms with Crippen molar-refractivity contribution in [2.24, 2.45) is 0 Å². The summed E-state index contributed by atoms with van der Waals surface area (Å²) in [5.41, 5.74) is 0.189. The third-order valence-electron chi connectivity index (χ3n) is 2.60. The predicted octanol–water partition coefficient (Wildman–Crippen LogP) is 1.23. The van der Waals surface area contributed by atoms with Crippen LogP contribution in [0, 0.1) is 0 Å². The van der Waals surface area contributed by atoms with Crippen LogP contribution in [0.1, 0.15) is 10.4 Å². The van der Waals surface area contributed by atoms with E-state index in [0.29, 0.717) is 5.75 Å². The predicted molar refractivity (Wildman–Crippen MR) is 70.8 cm³/mol. The van der Waals surface area contributed by atoms with Crippen molar-refractivity contribution in [2.75, 3.05) is 12.4 Å². The van der Waals surface area contributed by atoms with Gasteiger partial charge in [0.25, 0.3) is 0 Å². The second-order valence-electron chi connectivity index (χ2n) is 3.97. The Labute approximate surface area is 114 Å². The number of carboxylic acid groups (broad SMARTS) is 1. The summed E-state index contributed by atoms with van der Waals surface area (Å²) in [6, 6.07) is 6.12. The Morgan fingerprint density at radius 2 is 2.25 bits per heavy atom. The Balaban J connectivity index is 2.16. The van der Waals surface area contributed by atoms with Crippen molar-refractivity contribution in [2.45, 2.75) is 6.54 Å². The lowest BCUT2D eigenvalue weighted by Crippen LogP contribution is -2.20. The molecular weight excluding hydrogens is 262 g/mol. The summed E-state index contributed by atoms with van der Waals surface area (Å²) in [5.74, 6) is -1.09. The molecule has 0 aliphatic rings. The van der Waals surface area contributed by atoms with Crippen LogP contribution in [-0.2, 0) is 11.3 Å². The molecule has 0 radical (unpaired) electrons. The molecule has 7 nitrogen and oxygen atoms in total. The molecule has 7 heteroatoms. The van der Waals surface area contributed by atoms with Gasteiger partial charge in [-0.3, -0.25) is 9.48 Å². The van der Waals surface area contributed by atoms with Gasteiger partial charge in [-0.05, 0) is 24.3 Å². The molecule has 0 spiro atoms. The van der Waals surface area contributed by atoms with Crippen LogP contribution >= 0.6 is 0 Å². The van der Waals surface area contributed by atoms with E-state index in [1.54, 1.807) is 24.5 Å². The largest absolute Gasteiger partial charge is 0.497 e. The molecule has 1 aromatic heterocycles. The number of carboxylic acids is 1. The molecule has 2 rings (SSSR count). The van der Waals surface area contributed by atoms with E-state index < -0.39 is 5.97 Å². The maximum Gasteiger partial charge on any atom is 0.337 e. The third-order valence-corrected chi connectivity index (χ3v) is 2.60.